The fourth-order valence-electron chi connectivity index (χ4n) is 2.66. The van der Waals surface area contributed by atoms with E-state index in [-0.39, 0.29) is 0 Å². The first-order valence-corrected chi connectivity index (χ1v) is 7.58. The van der Waals surface area contributed by atoms with E-state index < -0.39 is 0 Å². The summed E-state index contributed by atoms with van der Waals surface area (Å²) in [7, 11) is 4.18. The Balaban J connectivity index is 2.26. The van der Waals surface area contributed by atoms with Gasteiger partial charge in [0.2, 0.25) is 0 Å². The van der Waals surface area contributed by atoms with Crippen molar-refractivity contribution in [1.29, 1.82) is 0 Å². The van der Waals surface area contributed by atoms with Crippen LogP contribution in [0.5, 0.6) is 0 Å². The van der Waals surface area contributed by atoms with Gasteiger partial charge in [-0.1, -0.05) is 0 Å². The van der Waals surface area contributed by atoms with Crippen molar-refractivity contribution in [3.05, 3.63) is 22.3 Å². The highest BCUT2D eigenvalue weighted by atomic mass is 79.9. The minimum atomic E-state index is 0.552. The topological polar surface area (TPSA) is 31.4 Å². The molecule has 0 radical (unpaired) electrons. The number of hydrogen-bond acceptors (Lipinski definition) is 4. The van der Waals surface area contributed by atoms with Gasteiger partial charge in [-0.25, -0.2) is 4.98 Å². The molecule has 0 spiro atoms. The lowest BCUT2D eigenvalue weighted by atomic mass is 10.1. The normalized spacial score (nSPS) is 24.8. The molecule has 2 heterocycles. The van der Waals surface area contributed by atoms with Gasteiger partial charge < -0.3 is 10.2 Å². The van der Waals surface area contributed by atoms with E-state index in [4.69, 9.17) is 0 Å². The average Bonchev–Trinajstić information content (AvgIpc) is 2.36. The number of piperazine rings is 1. The number of nitrogens with one attached hydrogen (secondary N) is 1. The lowest BCUT2D eigenvalue weighted by Gasteiger charge is -2.43. The Morgan fingerprint density at radius 3 is 2.58 bits per heavy atom. The number of rotatable bonds is 3. The van der Waals surface area contributed by atoms with E-state index in [1.165, 1.54) is 5.56 Å². The van der Waals surface area contributed by atoms with E-state index >= 15 is 0 Å². The number of anilines is 1. The molecule has 1 aliphatic heterocycles. The highest BCUT2D eigenvalue weighted by molar-refractivity contribution is 9.10. The molecule has 0 aliphatic carbocycles. The van der Waals surface area contributed by atoms with Crippen molar-refractivity contribution < 1.29 is 0 Å². The molecular formula is C14H23BrN4. The van der Waals surface area contributed by atoms with Crippen LogP contribution in [0.4, 0.5) is 5.82 Å². The zero-order valence-corrected chi connectivity index (χ0v) is 13.7. The number of hydrogen-bond donors (Lipinski definition) is 1. The summed E-state index contributed by atoms with van der Waals surface area (Å²) in [5, 5.41) is 3.22. The summed E-state index contributed by atoms with van der Waals surface area (Å²) in [6.07, 6.45) is 1.89. The predicted molar refractivity (Wildman–Crippen MR) is 83.6 cm³/mol. The maximum atomic E-state index is 4.63. The number of pyridine rings is 1. The molecule has 5 heteroatoms. The molecule has 106 valence electrons. The van der Waals surface area contributed by atoms with Gasteiger partial charge in [-0.3, -0.25) is 4.90 Å². The monoisotopic (exact) mass is 326 g/mol. The van der Waals surface area contributed by atoms with Crippen LogP contribution < -0.4 is 10.2 Å². The minimum absolute atomic E-state index is 0.552. The highest BCUT2D eigenvalue weighted by Gasteiger charge is 2.28. The van der Waals surface area contributed by atoms with Crippen LogP contribution in [0.1, 0.15) is 19.4 Å². The van der Waals surface area contributed by atoms with E-state index in [9.17, 15) is 0 Å². The highest BCUT2D eigenvalue weighted by Crippen LogP contribution is 2.25. The van der Waals surface area contributed by atoms with Crippen molar-refractivity contribution in [1.82, 2.24) is 15.2 Å². The molecule has 0 bridgehead atoms. The quantitative estimate of drug-likeness (QED) is 0.921. The van der Waals surface area contributed by atoms with Gasteiger partial charge >= 0.3 is 0 Å². The Morgan fingerprint density at radius 2 is 2.00 bits per heavy atom. The van der Waals surface area contributed by atoms with Gasteiger partial charge in [-0.15, -0.1) is 0 Å². The van der Waals surface area contributed by atoms with Gasteiger partial charge in [0.25, 0.3) is 0 Å². The third kappa shape index (κ3) is 3.27. The molecule has 1 fully saturated rings. The molecule has 1 N–H and O–H groups in total. The van der Waals surface area contributed by atoms with E-state index in [1.807, 2.05) is 13.2 Å². The van der Waals surface area contributed by atoms with Crippen LogP contribution in [0, 0.1) is 0 Å². The molecule has 1 aromatic heterocycles. The van der Waals surface area contributed by atoms with Crippen molar-refractivity contribution in [2.75, 3.05) is 32.1 Å². The van der Waals surface area contributed by atoms with Crippen LogP contribution in [0.3, 0.4) is 0 Å². The van der Waals surface area contributed by atoms with Crippen molar-refractivity contribution in [3.8, 4) is 0 Å². The fourth-order valence-corrected chi connectivity index (χ4v) is 3.04. The molecular weight excluding hydrogens is 304 g/mol. The second-order valence-electron chi connectivity index (χ2n) is 5.44. The maximum Gasteiger partial charge on any atom is 0.133 e. The summed E-state index contributed by atoms with van der Waals surface area (Å²) in [5.41, 5.74) is 1.25. The third-order valence-electron chi connectivity index (χ3n) is 3.94. The van der Waals surface area contributed by atoms with Crippen LogP contribution in [-0.2, 0) is 6.54 Å². The summed E-state index contributed by atoms with van der Waals surface area (Å²) in [6, 6.07) is 3.26. The number of halogens is 1. The van der Waals surface area contributed by atoms with Crippen LogP contribution in [0.2, 0.25) is 0 Å². The first-order valence-electron chi connectivity index (χ1n) is 6.78. The summed E-state index contributed by atoms with van der Waals surface area (Å²) < 4.78 is 1.04. The molecule has 0 aromatic carbocycles. The summed E-state index contributed by atoms with van der Waals surface area (Å²) >= 11 is 3.51. The van der Waals surface area contributed by atoms with E-state index in [0.717, 1.165) is 29.9 Å². The predicted octanol–water partition coefficient (Wildman–Crippen LogP) is 2.09. The lowest BCUT2D eigenvalue weighted by Crippen LogP contribution is -2.55. The first kappa shape index (κ1) is 14.8. The average molecular weight is 327 g/mol. The maximum absolute atomic E-state index is 4.63. The van der Waals surface area contributed by atoms with Gasteiger partial charge in [0.05, 0.1) is 0 Å². The second-order valence-corrected chi connectivity index (χ2v) is 6.35. The summed E-state index contributed by atoms with van der Waals surface area (Å²) in [4.78, 5) is 9.48. The van der Waals surface area contributed by atoms with Crippen molar-refractivity contribution in [2.45, 2.75) is 32.5 Å². The summed E-state index contributed by atoms with van der Waals surface area (Å²) in [5.74, 6) is 1.12. The first-order chi connectivity index (χ1) is 9.02. The van der Waals surface area contributed by atoms with Gasteiger partial charge in [0, 0.05) is 48.0 Å². The van der Waals surface area contributed by atoms with Crippen LogP contribution in [0.25, 0.3) is 0 Å². The van der Waals surface area contributed by atoms with Gasteiger partial charge in [0.1, 0.15) is 5.82 Å². The largest absolute Gasteiger partial charge is 0.353 e. The number of likely N-dealkylation sites (N-methyl/N-ethyl adjacent to an activating group) is 1. The molecule has 4 nitrogen and oxygen atoms in total. The lowest BCUT2D eigenvalue weighted by molar-refractivity contribution is 0.169. The Hall–Kier alpha value is -0.650. The smallest absolute Gasteiger partial charge is 0.133 e. The van der Waals surface area contributed by atoms with Crippen LogP contribution in [-0.4, -0.2) is 49.2 Å². The Bertz CT molecular complexity index is 425. The van der Waals surface area contributed by atoms with Gasteiger partial charge in [-0.2, -0.15) is 0 Å². The molecule has 1 aromatic rings. The molecule has 1 saturated heterocycles. The van der Waals surface area contributed by atoms with E-state index in [0.29, 0.717) is 12.1 Å². The fraction of sp³-hybridized carbons (Fsp3) is 0.643. The Kier molecular flexibility index (Phi) is 4.81. The van der Waals surface area contributed by atoms with Crippen LogP contribution in [0.15, 0.2) is 16.7 Å². The zero-order chi connectivity index (χ0) is 14.0. The van der Waals surface area contributed by atoms with E-state index in [1.54, 1.807) is 0 Å². The zero-order valence-electron chi connectivity index (χ0n) is 12.2. The minimum Gasteiger partial charge on any atom is -0.353 e. The van der Waals surface area contributed by atoms with Crippen molar-refractivity contribution in [2.24, 2.45) is 0 Å². The Morgan fingerprint density at radius 1 is 1.37 bits per heavy atom. The molecule has 2 unspecified atom stereocenters. The molecule has 2 atom stereocenters. The third-order valence-corrected chi connectivity index (χ3v) is 4.37. The van der Waals surface area contributed by atoms with Crippen molar-refractivity contribution in [3.63, 3.8) is 0 Å². The SMILES string of the molecule is CNCc1cc(Br)cnc1N1CC(C)N(C)C(C)C1. The Labute approximate surface area is 124 Å². The van der Waals surface area contributed by atoms with Crippen molar-refractivity contribution >= 4 is 21.7 Å². The number of nitrogens with zero attached hydrogens (tertiary/aromatic N) is 3. The second kappa shape index (κ2) is 6.20. The molecule has 2 rings (SSSR count). The molecule has 1 aliphatic rings. The van der Waals surface area contributed by atoms with Gasteiger partial charge in [0.15, 0.2) is 0 Å². The molecule has 0 saturated carbocycles. The summed E-state index contributed by atoms with van der Waals surface area (Å²) in [6.45, 7) is 7.47. The molecule has 0 amide bonds. The molecule has 19 heavy (non-hydrogen) atoms. The van der Waals surface area contributed by atoms with Crippen LogP contribution >= 0.6 is 15.9 Å². The van der Waals surface area contributed by atoms with E-state index in [2.05, 4.69) is 63.0 Å². The van der Waals surface area contributed by atoms with Gasteiger partial charge in [-0.05, 0) is 49.9 Å². The number of aromatic nitrogens is 1. The standard InChI is InChI=1S/C14H23BrN4/c1-10-8-19(9-11(2)18(10)4)14-12(6-16-3)5-13(15)7-17-14/h5,7,10-11,16H,6,8-9H2,1-4H3.